The molecule has 0 atom stereocenters. The number of aromatic nitrogens is 2. The molecular weight excluding hydrogens is 352 g/mol. The minimum Gasteiger partial charge on any atom is -0.358 e. The first-order valence-corrected chi connectivity index (χ1v) is 11.4. The third-order valence-corrected chi connectivity index (χ3v) is 6.51. The zero-order chi connectivity index (χ0) is 20.1. The number of hydrogen-bond acceptors (Lipinski definition) is 0. The summed E-state index contributed by atoms with van der Waals surface area (Å²) in [6, 6.07) is 22.2. The first-order chi connectivity index (χ1) is 14.3. The molecule has 0 bridgehead atoms. The van der Waals surface area contributed by atoms with E-state index in [1.807, 2.05) is 0 Å². The highest BCUT2D eigenvalue weighted by atomic mass is 14.8. The molecule has 2 aromatic heterocycles. The molecular formula is C27H34N2. The summed E-state index contributed by atoms with van der Waals surface area (Å²) in [7, 11) is 0. The Morgan fingerprint density at radius 2 is 1.07 bits per heavy atom. The highest BCUT2D eigenvalue weighted by molar-refractivity contribution is 5.83. The fraction of sp³-hybridized carbons (Fsp3) is 0.407. The van der Waals surface area contributed by atoms with Gasteiger partial charge >= 0.3 is 0 Å². The summed E-state index contributed by atoms with van der Waals surface area (Å²) in [5.41, 5.74) is 5.25. The number of nitrogens with one attached hydrogen (secondary N) is 2. The Balaban J connectivity index is 1.85. The van der Waals surface area contributed by atoms with E-state index in [1.54, 1.807) is 0 Å². The number of rotatable bonds is 10. The maximum absolute atomic E-state index is 3.81. The fourth-order valence-corrected chi connectivity index (χ4v) is 4.82. The predicted molar refractivity (Wildman–Crippen MR) is 126 cm³/mol. The molecule has 0 saturated heterocycles. The normalized spacial score (nSPS) is 12.2. The molecule has 0 saturated carbocycles. The van der Waals surface area contributed by atoms with Crippen molar-refractivity contribution in [1.82, 2.24) is 9.97 Å². The van der Waals surface area contributed by atoms with Crippen LogP contribution in [0.2, 0.25) is 0 Å². The van der Waals surface area contributed by atoms with Crippen LogP contribution in [0.3, 0.4) is 0 Å². The number of benzene rings is 2. The summed E-state index contributed by atoms with van der Waals surface area (Å²) in [5.74, 6) is 0. The highest BCUT2D eigenvalue weighted by Crippen LogP contribution is 2.43. The molecule has 4 rings (SSSR count). The molecule has 0 unspecified atom stereocenters. The molecule has 4 aromatic rings. The third-order valence-electron chi connectivity index (χ3n) is 6.51. The smallest absolute Gasteiger partial charge is 0.0504 e. The van der Waals surface area contributed by atoms with Gasteiger partial charge in [-0.05, 0) is 47.9 Å². The number of aromatic amines is 2. The van der Waals surface area contributed by atoms with E-state index in [-0.39, 0.29) is 5.41 Å². The Morgan fingerprint density at radius 1 is 0.621 bits per heavy atom. The number of unbranched alkanes of at least 4 members (excludes halogenated alkanes) is 4. The first-order valence-electron chi connectivity index (χ1n) is 11.4. The second-order valence-electron chi connectivity index (χ2n) is 8.54. The van der Waals surface area contributed by atoms with Crippen LogP contribution in [-0.2, 0) is 5.41 Å². The van der Waals surface area contributed by atoms with E-state index < -0.39 is 0 Å². The van der Waals surface area contributed by atoms with E-state index in [1.165, 1.54) is 84.6 Å². The van der Waals surface area contributed by atoms with Gasteiger partial charge in [0.05, 0.1) is 5.41 Å². The van der Waals surface area contributed by atoms with Crippen molar-refractivity contribution in [2.75, 3.05) is 0 Å². The predicted octanol–water partition coefficient (Wildman–Crippen LogP) is 8.10. The monoisotopic (exact) mass is 386 g/mol. The lowest BCUT2D eigenvalue weighted by atomic mass is 9.72. The molecule has 0 fully saturated rings. The Bertz CT molecular complexity index is 900. The first kappa shape index (κ1) is 19.8. The summed E-state index contributed by atoms with van der Waals surface area (Å²) < 4.78 is 0. The van der Waals surface area contributed by atoms with Crippen LogP contribution in [0.5, 0.6) is 0 Å². The summed E-state index contributed by atoms with van der Waals surface area (Å²) in [6.07, 6.45) is 9.97. The van der Waals surface area contributed by atoms with Gasteiger partial charge in [-0.2, -0.15) is 0 Å². The average molecular weight is 387 g/mol. The quantitative estimate of drug-likeness (QED) is 0.258. The number of para-hydroxylation sites is 2. The van der Waals surface area contributed by atoms with Crippen molar-refractivity contribution < 1.29 is 0 Å². The molecule has 0 aliphatic carbocycles. The van der Waals surface area contributed by atoms with Gasteiger partial charge in [-0.25, -0.2) is 0 Å². The molecule has 29 heavy (non-hydrogen) atoms. The van der Waals surface area contributed by atoms with Crippen LogP contribution in [-0.4, -0.2) is 9.97 Å². The van der Waals surface area contributed by atoms with Crippen LogP contribution in [0.25, 0.3) is 21.8 Å². The van der Waals surface area contributed by atoms with Crippen LogP contribution in [0.4, 0.5) is 0 Å². The molecule has 0 radical (unpaired) electrons. The summed E-state index contributed by atoms with van der Waals surface area (Å²) in [5, 5.41) is 2.63. The van der Waals surface area contributed by atoms with Gasteiger partial charge in [-0.1, -0.05) is 88.8 Å². The largest absolute Gasteiger partial charge is 0.358 e. The Hall–Kier alpha value is -2.48. The topological polar surface area (TPSA) is 31.6 Å². The third kappa shape index (κ3) is 3.99. The zero-order valence-corrected chi connectivity index (χ0v) is 17.9. The van der Waals surface area contributed by atoms with Crippen molar-refractivity contribution in [3.05, 3.63) is 72.1 Å². The maximum atomic E-state index is 3.81. The standard InChI is InChI=1S/C27H34N2/c1-3-5-11-17-27(18-12-6-4-2,25-19-21-13-7-9-15-23(21)28-25)26-20-22-14-8-10-16-24(22)29-26/h7-10,13-16,19-20,28-29H,3-6,11-12,17-18H2,1-2H3. The van der Waals surface area contributed by atoms with Crippen LogP contribution in [0.15, 0.2) is 60.7 Å². The average Bonchev–Trinajstić information content (AvgIpc) is 3.37. The van der Waals surface area contributed by atoms with Gasteiger partial charge in [0.1, 0.15) is 0 Å². The van der Waals surface area contributed by atoms with Crippen molar-refractivity contribution in [2.24, 2.45) is 0 Å². The molecule has 0 amide bonds. The molecule has 2 heteroatoms. The van der Waals surface area contributed by atoms with Gasteiger partial charge in [-0.3, -0.25) is 0 Å². The van der Waals surface area contributed by atoms with Crippen molar-refractivity contribution in [1.29, 1.82) is 0 Å². The summed E-state index contributed by atoms with van der Waals surface area (Å²) >= 11 is 0. The minimum absolute atomic E-state index is 0.0162. The summed E-state index contributed by atoms with van der Waals surface area (Å²) in [6.45, 7) is 4.59. The number of hydrogen-bond donors (Lipinski definition) is 2. The lowest BCUT2D eigenvalue weighted by Gasteiger charge is -2.33. The van der Waals surface area contributed by atoms with Crippen LogP contribution in [0.1, 0.15) is 76.6 Å². The van der Waals surface area contributed by atoms with Crippen LogP contribution < -0.4 is 0 Å². The van der Waals surface area contributed by atoms with Crippen molar-refractivity contribution in [2.45, 2.75) is 70.6 Å². The Morgan fingerprint density at radius 3 is 1.48 bits per heavy atom. The molecule has 2 heterocycles. The maximum Gasteiger partial charge on any atom is 0.0504 e. The Labute approximate surface area is 174 Å². The SMILES string of the molecule is CCCCCC(CCCCC)(c1cc2ccccc2[nH]1)c1cc2ccccc2[nH]1. The van der Waals surface area contributed by atoms with Gasteiger partial charge in [0.15, 0.2) is 0 Å². The lowest BCUT2D eigenvalue weighted by Crippen LogP contribution is -2.29. The fourth-order valence-electron chi connectivity index (χ4n) is 4.82. The van der Waals surface area contributed by atoms with E-state index in [4.69, 9.17) is 0 Å². The van der Waals surface area contributed by atoms with Gasteiger partial charge in [0, 0.05) is 22.4 Å². The zero-order valence-electron chi connectivity index (χ0n) is 17.9. The summed E-state index contributed by atoms with van der Waals surface area (Å²) in [4.78, 5) is 7.63. The van der Waals surface area contributed by atoms with Crippen molar-refractivity contribution in [3.63, 3.8) is 0 Å². The molecule has 0 aliphatic heterocycles. The lowest BCUT2D eigenvalue weighted by molar-refractivity contribution is 0.383. The van der Waals surface area contributed by atoms with Crippen LogP contribution in [0, 0.1) is 0 Å². The second-order valence-corrected chi connectivity index (χ2v) is 8.54. The van der Waals surface area contributed by atoms with E-state index in [2.05, 4.69) is 84.5 Å². The van der Waals surface area contributed by atoms with E-state index in [0.717, 1.165) is 0 Å². The van der Waals surface area contributed by atoms with E-state index in [9.17, 15) is 0 Å². The van der Waals surface area contributed by atoms with E-state index in [0.29, 0.717) is 0 Å². The minimum atomic E-state index is 0.0162. The molecule has 2 N–H and O–H groups in total. The van der Waals surface area contributed by atoms with Crippen LogP contribution >= 0.6 is 0 Å². The van der Waals surface area contributed by atoms with Crippen molar-refractivity contribution in [3.8, 4) is 0 Å². The molecule has 2 aromatic carbocycles. The van der Waals surface area contributed by atoms with Gasteiger partial charge < -0.3 is 9.97 Å². The number of fused-ring (bicyclic) bond motifs is 2. The van der Waals surface area contributed by atoms with Gasteiger partial charge in [0.25, 0.3) is 0 Å². The van der Waals surface area contributed by atoms with E-state index >= 15 is 0 Å². The molecule has 2 nitrogen and oxygen atoms in total. The van der Waals surface area contributed by atoms with Gasteiger partial charge in [-0.15, -0.1) is 0 Å². The Kier molecular flexibility index (Phi) is 6.08. The molecule has 0 spiro atoms. The molecule has 0 aliphatic rings. The number of H-pyrrole nitrogens is 2. The molecule has 152 valence electrons. The van der Waals surface area contributed by atoms with Gasteiger partial charge in [0.2, 0.25) is 0 Å². The highest BCUT2D eigenvalue weighted by Gasteiger charge is 2.36. The second kappa shape index (κ2) is 8.90. The van der Waals surface area contributed by atoms with Crippen molar-refractivity contribution >= 4 is 21.8 Å².